The molecule has 3 aromatic rings. The highest BCUT2D eigenvalue weighted by molar-refractivity contribution is 5.63. The zero-order chi connectivity index (χ0) is 19.5. The minimum Gasteiger partial charge on any atom is -0.378 e. The van der Waals surface area contributed by atoms with Crippen LogP contribution in [0.5, 0.6) is 0 Å². The standard InChI is InChI=1S/C28H25N/c1-2-7-21(8-3-1)22-13-15-23(16-14-22)24-17-19-26(20-18-24)29-28-12-6-10-25-9-4-5-11-27(25)28/h1-11,13-17,19-20,24,28-29H,12,18H2. The molecular weight excluding hydrogens is 350 g/mol. The molecule has 0 aliphatic heterocycles. The second-order valence-electron chi connectivity index (χ2n) is 7.81. The smallest absolute Gasteiger partial charge is 0.0554 e. The fourth-order valence-corrected chi connectivity index (χ4v) is 4.30. The van der Waals surface area contributed by atoms with E-state index in [1.165, 1.54) is 33.5 Å². The number of benzene rings is 3. The molecule has 0 bridgehead atoms. The molecule has 2 aliphatic rings. The predicted molar refractivity (Wildman–Crippen MR) is 122 cm³/mol. The van der Waals surface area contributed by atoms with Gasteiger partial charge in [0.15, 0.2) is 0 Å². The zero-order valence-electron chi connectivity index (χ0n) is 16.5. The van der Waals surface area contributed by atoms with Gasteiger partial charge in [-0.2, -0.15) is 0 Å². The first-order valence-corrected chi connectivity index (χ1v) is 10.4. The number of hydrogen-bond donors (Lipinski definition) is 1. The number of hydrogen-bond acceptors (Lipinski definition) is 1. The summed E-state index contributed by atoms with van der Waals surface area (Å²) in [6.07, 6.45) is 13.5. The SMILES string of the molecule is C1=Cc2ccccc2C(NC2=CCC(c3ccc(-c4ccccc4)cc3)C=C2)C1. The first-order valence-electron chi connectivity index (χ1n) is 10.4. The molecule has 0 heterocycles. The summed E-state index contributed by atoms with van der Waals surface area (Å²) in [5.41, 5.74) is 7.87. The van der Waals surface area contributed by atoms with E-state index in [1.807, 2.05) is 0 Å². The van der Waals surface area contributed by atoms with Crippen molar-refractivity contribution in [3.8, 4) is 11.1 Å². The van der Waals surface area contributed by atoms with Gasteiger partial charge in [0.05, 0.1) is 6.04 Å². The first-order chi connectivity index (χ1) is 14.4. The molecule has 0 saturated heterocycles. The Bertz CT molecular complexity index is 1070. The van der Waals surface area contributed by atoms with Gasteiger partial charge in [-0.3, -0.25) is 0 Å². The summed E-state index contributed by atoms with van der Waals surface area (Å²) in [6, 6.07) is 28.6. The van der Waals surface area contributed by atoms with Crippen LogP contribution in [0.25, 0.3) is 17.2 Å². The van der Waals surface area contributed by atoms with Gasteiger partial charge in [0.1, 0.15) is 0 Å². The maximum absolute atomic E-state index is 3.74. The number of allylic oxidation sites excluding steroid dienone is 3. The van der Waals surface area contributed by atoms with Gasteiger partial charge in [0.2, 0.25) is 0 Å². The van der Waals surface area contributed by atoms with Crippen LogP contribution < -0.4 is 5.32 Å². The summed E-state index contributed by atoms with van der Waals surface area (Å²) in [6.45, 7) is 0. The van der Waals surface area contributed by atoms with E-state index in [2.05, 4.69) is 115 Å². The molecule has 5 rings (SSSR count). The second kappa shape index (κ2) is 7.97. The Morgan fingerprint density at radius 1 is 0.690 bits per heavy atom. The Morgan fingerprint density at radius 2 is 1.45 bits per heavy atom. The van der Waals surface area contributed by atoms with Crippen molar-refractivity contribution in [2.45, 2.75) is 24.8 Å². The lowest BCUT2D eigenvalue weighted by Gasteiger charge is -2.26. The van der Waals surface area contributed by atoms with E-state index >= 15 is 0 Å². The van der Waals surface area contributed by atoms with Crippen LogP contribution >= 0.6 is 0 Å². The van der Waals surface area contributed by atoms with E-state index in [4.69, 9.17) is 0 Å². The van der Waals surface area contributed by atoms with Crippen LogP contribution in [0.3, 0.4) is 0 Å². The molecule has 142 valence electrons. The van der Waals surface area contributed by atoms with Crippen molar-refractivity contribution in [3.63, 3.8) is 0 Å². The molecule has 0 radical (unpaired) electrons. The fourth-order valence-electron chi connectivity index (χ4n) is 4.30. The Balaban J connectivity index is 1.26. The largest absolute Gasteiger partial charge is 0.378 e. The van der Waals surface area contributed by atoms with Gasteiger partial charge in [-0.05, 0) is 46.7 Å². The molecule has 29 heavy (non-hydrogen) atoms. The maximum Gasteiger partial charge on any atom is 0.0554 e. The molecule has 3 aromatic carbocycles. The van der Waals surface area contributed by atoms with Crippen LogP contribution in [0.4, 0.5) is 0 Å². The lowest BCUT2D eigenvalue weighted by atomic mass is 9.89. The number of nitrogens with one attached hydrogen (secondary N) is 1. The van der Waals surface area contributed by atoms with Gasteiger partial charge in [0, 0.05) is 11.6 Å². The van der Waals surface area contributed by atoms with Crippen molar-refractivity contribution in [2.24, 2.45) is 0 Å². The highest BCUT2D eigenvalue weighted by Gasteiger charge is 2.18. The van der Waals surface area contributed by atoms with E-state index in [0.29, 0.717) is 12.0 Å². The van der Waals surface area contributed by atoms with Crippen LogP contribution in [-0.2, 0) is 0 Å². The van der Waals surface area contributed by atoms with Gasteiger partial charge in [-0.1, -0.05) is 103 Å². The molecule has 1 nitrogen and oxygen atoms in total. The number of fused-ring (bicyclic) bond motifs is 1. The molecule has 2 unspecified atom stereocenters. The van der Waals surface area contributed by atoms with Gasteiger partial charge in [0.25, 0.3) is 0 Å². The normalized spacial score (nSPS) is 20.1. The summed E-state index contributed by atoms with van der Waals surface area (Å²) in [5, 5.41) is 3.74. The van der Waals surface area contributed by atoms with Gasteiger partial charge >= 0.3 is 0 Å². The molecule has 0 saturated carbocycles. The molecule has 2 atom stereocenters. The molecule has 0 fully saturated rings. The summed E-state index contributed by atoms with van der Waals surface area (Å²) >= 11 is 0. The Labute approximate surface area is 173 Å². The fraction of sp³-hybridized carbons (Fsp3) is 0.143. The summed E-state index contributed by atoms with van der Waals surface area (Å²) in [7, 11) is 0. The third-order valence-corrected chi connectivity index (χ3v) is 5.93. The molecular formula is C28H25N. The predicted octanol–water partition coefficient (Wildman–Crippen LogP) is 7.03. The Hall–Kier alpha value is -3.32. The van der Waals surface area contributed by atoms with Crippen LogP contribution in [0.15, 0.2) is 109 Å². The third kappa shape index (κ3) is 3.82. The first kappa shape index (κ1) is 17.8. The average molecular weight is 376 g/mol. The zero-order valence-corrected chi connectivity index (χ0v) is 16.5. The van der Waals surface area contributed by atoms with Gasteiger partial charge in [-0.25, -0.2) is 0 Å². The van der Waals surface area contributed by atoms with Crippen molar-refractivity contribution in [2.75, 3.05) is 0 Å². The molecule has 1 heteroatoms. The van der Waals surface area contributed by atoms with E-state index in [9.17, 15) is 0 Å². The van der Waals surface area contributed by atoms with E-state index < -0.39 is 0 Å². The Morgan fingerprint density at radius 3 is 2.24 bits per heavy atom. The van der Waals surface area contributed by atoms with Crippen LogP contribution in [0, 0.1) is 0 Å². The average Bonchev–Trinajstić information content (AvgIpc) is 2.81. The van der Waals surface area contributed by atoms with Crippen molar-refractivity contribution >= 4 is 6.08 Å². The summed E-state index contributed by atoms with van der Waals surface area (Å²) < 4.78 is 0. The van der Waals surface area contributed by atoms with Gasteiger partial charge in [-0.15, -0.1) is 0 Å². The van der Waals surface area contributed by atoms with E-state index in [0.717, 1.165) is 12.8 Å². The minimum absolute atomic E-state index is 0.355. The lowest BCUT2D eigenvalue weighted by Crippen LogP contribution is -2.22. The third-order valence-electron chi connectivity index (χ3n) is 5.93. The van der Waals surface area contributed by atoms with Crippen LogP contribution in [0.1, 0.15) is 41.5 Å². The second-order valence-corrected chi connectivity index (χ2v) is 7.81. The summed E-state index contributed by atoms with van der Waals surface area (Å²) in [5.74, 6) is 0.448. The van der Waals surface area contributed by atoms with Crippen molar-refractivity contribution in [1.82, 2.24) is 5.32 Å². The van der Waals surface area contributed by atoms with Gasteiger partial charge < -0.3 is 5.32 Å². The lowest BCUT2D eigenvalue weighted by molar-refractivity contribution is 0.603. The molecule has 0 amide bonds. The monoisotopic (exact) mass is 375 g/mol. The molecule has 2 aliphatic carbocycles. The Kier molecular flexibility index (Phi) is 4.88. The molecule has 0 spiro atoms. The molecule has 0 aromatic heterocycles. The quantitative estimate of drug-likeness (QED) is 0.516. The highest BCUT2D eigenvalue weighted by atomic mass is 14.9. The number of rotatable bonds is 4. The maximum atomic E-state index is 3.74. The van der Waals surface area contributed by atoms with Crippen LogP contribution in [0.2, 0.25) is 0 Å². The molecule has 1 N–H and O–H groups in total. The van der Waals surface area contributed by atoms with Crippen molar-refractivity contribution in [3.05, 3.63) is 126 Å². The van der Waals surface area contributed by atoms with Crippen LogP contribution in [-0.4, -0.2) is 0 Å². The van der Waals surface area contributed by atoms with E-state index in [1.54, 1.807) is 0 Å². The summed E-state index contributed by atoms with van der Waals surface area (Å²) in [4.78, 5) is 0. The van der Waals surface area contributed by atoms with Crippen molar-refractivity contribution in [1.29, 1.82) is 0 Å². The van der Waals surface area contributed by atoms with Crippen molar-refractivity contribution < 1.29 is 0 Å². The van der Waals surface area contributed by atoms with E-state index in [-0.39, 0.29) is 0 Å². The topological polar surface area (TPSA) is 12.0 Å². The highest BCUT2D eigenvalue weighted by Crippen LogP contribution is 2.31. The minimum atomic E-state index is 0.355.